The number of alkyl halides is 3. The summed E-state index contributed by atoms with van der Waals surface area (Å²) in [5.74, 6) is -1.79. The van der Waals surface area contributed by atoms with E-state index in [1.54, 1.807) is 11.4 Å². The first-order valence-corrected chi connectivity index (χ1v) is 5.93. The Balaban J connectivity index is 2.47. The van der Waals surface area contributed by atoms with Crippen molar-refractivity contribution in [3.63, 3.8) is 0 Å². The Hall–Kier alpha value is -1.61. The standard InChI is InChI=1S/C10H11F3N2O3S/c1-9(18,10(11,12)13)5-7(16)14-15-8(17)6-3-2-4-19-6/h2-4,18H,5H2,1H3,(H,14,16)(H,15,17)/t9-/m0/s1. The molecule has 3 N–H and O–H groups in total. The largest absolute Gasteiger partial charge is 0.417 e. The Bertz CT molecular complexity index is 457. The van der Waals surface area contributed by atoms with Crippen LogP contribution in [0.15, 0.2) is 17.5 Å². The number of rotatable bonds is 3. The van der Waals surface area contributed by atoms with E-state index in [0.717, 1.165) is 11.3 Å². The zero-order chi connectivity index (χ0) is 14.7. The van der Waals surface area contributed by atoms with E-state index in [-0.39, 0.29) is 0 Å². The van der Waals surface area contributed by atoms with Gasteiger partial charge in [-0.05, 0) is 18.4 Å². The monoisotopic (exact) mass is 296 g/mol. The fraction of sp³-hybridized carbons (Fsp3) is 0.400. The van der Waals surface area contributed by atoms with Crippen molar-refractivity contribution in [1.29, 1.82) is 0 Å². The molecule has 0 saturated carbocycles. The minimum absolute atomic E-state index is 0.294. The van der Waals surface area contributed by atoms with E-state index in [1.165, 1.54) is 6.07 Å². The topological polar surface area (TPSA) is 78.4 Å². The lowest BCUT2D eigenvalue weighted by molar-refractivity contribution is -0.253. The maximum atomic E-state index is 12.3. The Morgan fingerprint density at radius 2 is 2.00 bits per heavy atom. The predicted octanol–water partition coefficient (Wildman–Crippen LogP) is 1.21. The van der Waals surface area contributed by atoms with Crippen molar-refractivity contribution < 1.29 is 27.9 Å². The summed E-state index contributed by atoms with van der Waals surface area (Å²) in [5, 5.41) is 10.7. The van der Waals surface area contributed by atoms with Gasteiger partial charge in [0.15, 0.2) is 5.60 Å². The van der Waals surface area contributed by atoms with Gasteiger partial charge < -0.3 is 5.11 Å². The van der Waals surface area contributed by atoms with Crippen molar-refractivity contribution in [2.45, 2.75) is 25.1 Å². The van der Waals surface area contributed by atoms with E-state index in [2.05, 4.69) is 0 Å². The summed E-state index contributed by atoms with van der Waals surface area (Å²) in [6.07, 6.45) is -6.14. The Morgan fingerprint density at radius 3 is 2.47 bits per heavy atom. The molecule has 1 atom stereocenters. The number of hydrazine groups is 1. The summed E-state index contributed by atoms with van der Waals surface area (Å²) in [5.41, 5.74) is 0.611. The number of carbonyl (C=O) groups is 2. The van der Waals surface area contributed by atoms with E-state index in [1.807, 2.05) is 10.9 Å². The highest BCUT2D eigenvalue weighted by molar-refractivity contribution is 7.12. The summed E-state index contributed by atoms with van der Waals surface area (Å²) in [6.45, 7) is 0.480. The van der Waals surface area contributed by atoms with Crippen LogP contribution >= 0.6 is 11.3 Å². The molecule has 0 spiro atoms. The smallest absolute Gasteiger partial charge is 0.380 e. The van der Waals surface area contributed by atoms with Gasteiger partial charge >= 0.3 is 6.18 Å². The van der Waals surface area contributed by atoms with Crippen LogP contribution in [0, 0.1) is 0 Å². The number of halogens is 3. The van der Waals surface area contributed by atoms with Crippen LogP contribution in [-0.4, -0.2) is 28.7 Å². The van der Waals surface area contributed by atoms with Crippen LogP contribution < -0.4 is 10.9 Å². The molecule has 0 fully saturated rings. The highest BCUT2D eigenvalue weighted by Gasteiger charge is 2.51. The molecule has 1 aromatic rings. The van der Waals surface area contributed by atoms with E-state index in [0.29, 0.717) is 11.8 Å². The molecule has 106 valence electrons. The van der Waals surface area contributed by atoms with E-state index in [9.17, 15) is 22.8 Å². The lowest BCUT2D eigenvalue weighted by atomic mass is 10.0. The molecule has 1 aromatic heterocycles. The minimum atomic E-state index is -4.93. The van der Waals surface area contributed by atoms with E-state index < -0.39 is 30.0 Å². The lowest BCUT2D eigenvalue weighted by Crippen LogP contribution is -2.49. The average Bonchev–Trinajstić information content (AvgIpc) is 2.77. The summed E-state index contributed by atoms with van der Waals surface area (Å²) in [4.78, 5) is 22.9. The highest BCUT2D eigenvalue weighted by Crippen LogP contribution is 2.32. The summed E-state index contributed by atoms with van der Waals surface area (Å²) in [7, 11) is 0. The number of nitrogens with one attached hydrogen (secondary N) is 2. The molecule has 0 aliphatic heterocycles. The molecule has 9 heteroatoms. The maximum absolute atomic E-state index is 12.3. The van der Waals surface area contributed by atoms with Crippen molar-refractivity contribution in [2.75, 3.05) is 0 Å². The molecule has 2 amide bonds. The van der Waals surface area contributed by atoms with Crippen LogP contribution in [0.3, 0.4) is 0 Å². The van der Waals surface area contributed by atoms with Gasteiger partial charge in [0.2, 0.25) is 5.91 Å². The highest BCUT2D eigenvalue weighted by atomic mass is 32.1. The van der Waals surface area contributed by atoms with Crippen LogP contribution in [-0.2, 0) is 4.79 Å². The molecule has 19 heavy (non-hydrogen) atoms. The predicted molar refractivity (Wildman–Crippen MR) is 61.2 cm³/mol. The second kappa shape index (κ2) is 5.57. The lowest BCUT2D eigenvalue weighted by Gasteiger charge is -2.25. The number of hydrogen-bond donors (Lipinski definition) is 3. The number of amides is 2. The zero-order valence-electron chi connectivity index (χ0n) is 9.75. The van der Waals surface area contributed by atoms with Crippen LogP contribution in [0.4, 0.5) is 13.2 Å². The number of aliphatic hydroxyl groups is 1. The summed E-state index contributed by atoms with van der Waals surface area (Å²) in [6, 6.07) is 3.09. The molecule has 1 rings (SSSR count). The first-order chi connectivity index (χ1) is 8.63. The van der Waals surface area contributed by atoms with Crippen molar-refractivity contribution in [3.8, 4) is 0 Å². The van der Waals surface area contributed by atoms with E-state index >= 15 is 0 Å². The van der Waals surface area contributed by atoms with Gasteiger partial charge in [-0.15, -0.1) is 11.3 Å². The molecular formula is C10H11F3N2O3S. The molecule has 0 aliphatic rings. The average molecular weight is 296 g/mol. The second-order valence-corrected chi connectivity index (χ2v) is 4.88. The molecule has 5 nitrogen and oxygen atoms in total. The van der Waals surface area contributed by atoms with Crippen LogP contribution in [0.25, 0.3) is 0 Å². The zero-order valence-corrected chi connectivity index (χ0v) is 10.6. The fourth-order valence-corrected chi connectivity index (χ4v) is 1.67. The van der Waals surface area contributed by atoms with Crippen molar-refractivity contribution in [1.82, 2.24) is 10.9 Å². The van der Waals surface area contributed by atoms with Gasteiger partial charge in [0, 0.05) is 0 Å². The van der Waals surface area contributed by atoms with Gasteiger partial charge in [-0.2, -0.15) is 13.2 Å². The van der Waals surface area contributed by atoms with Crippen LogP contribution in [0.2, 0.25) is 0 Å². The van der Waals surface area contributed by atoms with Gasteiger partial charge in [0.25, 0.3) is 5.91 Å². The first kappa shape index (κ1) is 15.4. The summed E-state index contributed by atoms with van der Waals surface area (Å²) < 4.78 is 36.9. The number of thiophene rings is 1. The Kier molecular flexibility index (Phi) is 4.53. The molecule has 0 aliphatic carbocycles. The normalized spacial score (nSPS) is 14.6. The van der Waals surface area contributed by atoms with Crippen LogP contribution in [0.5, 0.6) is 0 Å². The van der Waals surface area contributed by atoms with Crippen molar-refractivity contribution >= 4 is 23.2 Å². The molecule has 1 heterocycles. The van der Waals surface area contributed by atoms with Gasteiger partial charge in [0.05, 0.1) is 11.3 Å². The third-order valence-corrected chi connectivity index (χ3v) is 3.04. The van der Waals surface area contributed by atoms with Gasteiger partial charge in [0.1, 0.15) is 0 Å². The molecule has 0 saturated heterocycles. The Labute approximate surface area is 110 Å². The van der Waals surface area contributed by atoms with E-state index in [4.69, 9.17) is 5.11 Å². The first-order valence-electron chi connectivity index (χ1n) is 5.05. The van der Waals surface area contributed by atoms with Gasteiger partial charge in [-0.1, -0.05) is 6.07 Å². The van der Waals surface area contributed by atoms with Gasteiger partial charge in [-0.3, -0.25) is 20.4 Å². The minimum Gasteiger partial charge on any atom is -0.380 e. The van der Waals surface area contributed by atoms with Crippen molar-refractivity contribution in [3.05, 3.63) is 22.4 Å². The van der Waals surface area contributed by atoms with Gasteiger partial charge in [-0.25, -0.2) is 0 Å². The SMILES string of the molecule is C[C@](O)(CC(=O)NNC(=O)c1cccs1)C(F)(F)F. The molecule has 0 radical (unpaired) electrons. The maximum Gasteiger partial charge on any atom is 0.417 e. The third kappa shape index (κ3) is 4.21. The third-order valence-electron chi connectivity index (χ3n) is 2.18. The molecular weight excluding hydrogens is 285 g/mol. The number of carbonyl (C=O) groups excluding carboxylic acids is 2. The summed E-state index contributed by atoms with van der Waals surface area (Å²) >= 11 is 1.11. The Morgan fingerprint density at radius 1 is 1.37 bits per heavy atom. The quantitative estimate of drug-likeness (QED) is 0.734. The fourth-order valence-electron chi connectivity index (χ4n) is 1.05. The van der Waals surface area contributed by atoms with Crippen LogP contribution in [0.1, 0.15) is 23.0 Å². The molecule has 0 aromatic carbocycles. The second-order valence-electron chi connectivity index (χ2n) is 3.93. The van der Waals surface area contributed by atoms with Crippen molar-refractivity contribution in [2.24, 2.45) is 0 Å². The number of hydrogen-bond acceptors (Lipinski definition) is 4. The molecule has 0 bridgehead atoms. The molecule has 0 unspecified atom stereocenters.